The normalized spacial score (nSPS) is 12.1. The zero-order valence-corrected chi connectivity index (χ0v) is 15.5. The van der Waals surface area contributed by atoms with Crippen molar-refractivity contribution in [3.8, 4) is 0 Å². The molecule has 0 aliphatic carbocycles. The summed E-state index contributed by atoms with van der Waals surface area (Å²) >= 11 is 0. The number of hydrogen-bond donors (Lipinski definition) is 2. The van der Waals surface area contributed by atoms with Gasteiger partial charge in [-0.05, 0) is 47.9 Å². The van der Waals surface area contributed by atoms with E-state index in [-0.39, 0.29) is 10.5 Å². The summed E-state index contributed by atoms with van der Waals surface area (Å²) in [6.45, 7) is 2.58. The van der Waals surface area contributed by atoms with Gasteiger partial charge in [0, 0.05) is 11.3 Å². The first-order valence-electron chi connectivity index (χ1n) is 8.06. The van der Waals surface area contributed by atoms with Crippen LogP contribution in [0.15, 0.2) is 53.4 Å². The third-order valence-corrected chi connectivity index (χ3v) is 5.10. The third kappa shape index (κ3) is 5.99. The molecule has 0 fully saturated rings. The molecule has 0 atom stereocenters. The molecule has 146 valence electrons. The molecule has 0 saturated carbocycles. The number of hydrogen-bond acceptors (Lipinski definition) is 3. The Morgan fingerprint density at radius 2 is 1.56 bits per heavy atom. The van der Waals surface area contributed by atoms with E-state index in [9.17, 15) is 26.4 Å². The van der Waals surface area contributed by atoms with Gasteiger partial charge in [0.2, 0.25) is 0 Å². The molecule has 0 aliphatic heterocycles. The monoisotopic (exact) mass is 400 g/mol. The number of benzene rings is 2. The van der Waals surface area contributed by atoms with E-state index in [1.165, 1.54) is 0 Å². The summed E-state index contributed by atoms with van der Waals surface area (Å²) in [5.74, 6) is -0.625. The fourth-order valence-electron chi connectivity index (χ4n) is 2.22. The van der Waals surface area contributed by atoms with Crippen molar-refractivity contribution in [2.24, 2.45) is 0 Å². The summed E-state index contributed by atoms with van der Waals surface area (Å²) in [6, 6.07) is 11.6. The molecule has 0 heterocycles. The Bertz CT molecular complexity index is 891. The van der Waals surface area contributed by atoms with E-state index in [1.807, 2.05) is 26.0 Å². The maximum absolute atomic E-state index is 12.4. The Hall–Kier alpha value is -2.55. The number of nitrogens with one attached hydrogen (secondary N) is 2. The van der Waals surface area contributed by atoms with E-state index in [0.29, 0.717) is 11.6 Å². The summed E-state index contributed by atoms with van der Waals surface area (Å²) in [7, 11) is -3.89. The van der Waals surface area contributed by atoms with Crippen LogP contribution in [0, 0.1) is 0 Å². The number of alkyl halides is 3. The highest BCUT2D eigenvalue weighted by Crippen LogP contribution is 2.20. The van der Waals surface area contributed by atoms with Gasteiger partial charge in [-0.1, -0.05) is 26.0 Å². The molecule has 0 aromatic heterocycles. The molecule has 27 heavy (non-hydrogen) atoms. The second-order valence-corrected chi connectivity index (χ2v) is 7.89. The molecule has 0 unspecified atom stereocenters. The minimum atomic E-state index is -4.52. The minimum Gasteiger partial charge on any atom is -0.343 e. The summed E-state index contributed by atoms with van der Waals surface area (Å²) in [5.41, 5.74) is 1.37. The average molecular weight is 400 g/mol. The van der Waals surface area contributed by atoms with Crippen LogP contribution in [0.5, 0.6) is 0 Å². The molecule has 0 saturated heterocycles. The lowest BCUT2D eigenvalue weighted by atomic mass is 10.0. The summed E-state index contributed by atoms with van der Waals surface area (Å²) < 4.78 is 63.6. The zero-order chi connectivity index (χ0) is 20.2. The van der Waals surface area contributed by atoms with Crippen LogP contribution in [-0.4, -0.2) is 27.0 Å². The van der Waals surface area contributed by atoms with E-state index >= 15 is 0 Å². The van der Waals surface area contributed by atoms with Crippen molar-refractivity contribution in [2.75, 3.05) is 11.3 Å². The molecule has 2 aromatic rings. The number of rotatable bonds is 6. The zero-order valence-electron chi connectivity index (χ0n) is 14.7. The van der Waals surface area contributed by atoms with Crippen LogP contribution in [0.25, 0.3) is 0 Å². The highest BCUT2D eigenvalue weighted by atomic mass is 32.2. The predicted molar refractivity (Wildman–Crippen MR) is 96.2 cm³/mol. The van der Waals surface area contributed by atoms with Gasteiger partial charge in [0.05, 0.1) is 4.90 Å². The van der Waals surface area contributed by atoms with E-state index < -0.39 is 28.7 Å². The van der Waals surface area contributed by atoms with Crippen molar-refractivity contribution in [3.63, 3.8) is 0 Å². The van der Waals surface area contributed by atoms with Gasteiger partial charge in [-0.15, -0.1) is 0 Å². The first-order valence-corrected chi connectivity index (χ1v) is 9.54. The fraction of sp³-hybridized carbons (Fsp3) is 0.278. The fourth-order valence-corrected chi connectivity index (χ4v) is 3.28. The molecule has 0 aliphatic rings. The lowest BCUT2D eigenvalue weighted by molar-refractivity contribution is -0.123. The lowest BCUT2D eigenvalue weighted by Crippen LogP contribution is -2.33. The first kappa shape index (κ1) is 20.8. The molecule has 2 rings (SSSR count). The number of halogens is 3. The first-order chi connectivity index (χ1) is 12.5. The second-order valence-electron chi connectivity index (χ2n) is 6.20. The van der Waals surface area contributed by atoms with Crippen LogP contribution in [0.3, 0.4) is 0 Å². The molecule has 0 spiro atoms. The standard InChI is InChI=1S/C18H19F3N2O3S/c1-12(2)13-3-7-15(8-4-13)23-27(25,26)16-9-5-14(6-10-16)17(24)22-11-18(19,20)21/h3-10,12,23H,11H2,1-2H3,(H,22,24). The van der Waals surface area contributed by atoms with Gasteiger partial charge in [0.25, 0.3) is 15.9 Å². The smallest absolute Gasteiger partial charge is 0.343 e. The Morgan fingerprint density at radius 1 is 1.00 bits per heavy atom. The SMILES string of the molecule is CC(C)c1ccc(NS(=O)(=O)c2ccc(C(=O)NCC(F)(F)F)cc2)cc1. The van der Waals surface area contributed by atoms with E-state index in [1.54, 1.807) is 17.4 Å². The van der Waals surface area contributed by atoms with Gasteiger partial charge in [-0.3, -0.25) is 9.52 Å². The Labute approximate surface area is 155 Å². The van der Waals surface area contributed by atoms with E-state index in [4.69, 9.17) is 0 Å². The largest absolute Gasteiger partial charge is 0.405 e. The molecule has 0 radical (unpaired) electrons. The third-order valence-electron chi connectivity index (χ3n) is 3.71. The highest BCUT2D eigenvalue weighted by Gasteiger charge is 2.28. The Kier molecular flexibility index (Phi) is 6.15. The molecule has 0 bridgehead atoms. The average Bonchev–Trinajstić information content (AvgIpc) is 2.59. The van der Waals surface area contributed by atoms with Crippen molar-refractivity contribution in [2.45, 2.75) is 30.8 Å². The number of sulfonamides is 1. The van der Waals surface area contributed by atoms with Gasteiger partial charge in [0.15, 0.2) is 0 Å². The number of anilines is 1. The molecular weight excluding hydrogens is 381 g/mol. The maximum Gasteiger partial charge on any atom is 0.405 e. The molecule has 9 heteroatoms. The summed E-state index contributed by atoms with van der Waals surface area (Å²) in [5, 5.41) is 1.72. The molecule has 2 aromatic carbocycles. The van der Waals surface area contributed by atoms with Crippen LogP contribution in [0.4, 0.5) is 18.9 Å². The van der Waals surface area contributed by atoms with Crippen LogP contribution < -0.4 is 10.0 Å². The van der Waals surface area contributed by atoms with Crippen molar-refractivity contribution in [1.29, 1.82) is 0 Å². The topological polar surface area (TPSA) is 75.3 Å². The van der Waals surface area contributed by atoms with Crippen LogP contribution >= 0.6 is 0 Å². The molecule has 2 N–H and O–H groups in total. The number of carbonyl (C=O) groups is 1. The Balaban J connectivity index is 2.09. The summed E-state index contributed by atoms with van der Waals surface area (Å²) in [6.07, 6.45) is -4.52. The van der Waals surface area contributed by atoms with Gasteiger partial charge >= 0.3 is 6.18 Å². The molecular formula is C18H19F3N2O3S. The number of carbonyl (C=O) groups excluding carboxylic acids is 1. The van der Waals surface area contributed by atoms with Gasteiger partial charge in [-0.25, -0.2) is 8.42 Å². The highest BCUT2D eigenvalue weighted by molar-refractivity contribution is 7.92. The van der Waals surface area contributed by atoms with Crippen molar-refractivity contribution < 1.29 is 26.4 Å². The maximum atomic E-state index is 12.4. The van der Waals surface area contributed by atoms with Gasteiger partial charge in [-0.2, -0.15) is 13.2 Å². The van der Waals surface area contributed by atoms with Crippen molar-refractivity contribution >= 4 is 21.6 Å². The van der Waals surface area contributed by atoms with Crippen molar-refractivity contribution in [3.05, 3.63) is 59.7 Å². The molecule has 1 amide bonds. The summed E-state index contributed by atoms with van der Waals surface area (Å²) in [4.78, 5) is 11.5. The lowest BCUT2D eigenvalue weighted by Gasteiger charge is -2.11. The van der Waals surface area contributed by atoms with Gasteiger partial charge < -0.3 is 5.32 Å². The van der Waals surface area contributed by atoms with Crippen LogP contribution in [0.1, 0.15) is 35.7 Å². The quantitative estimate of drug-likeness (QED) is 0.772. The van der Waals surface area contributed by atoms with E-state index in [0.717, 1.165) is 29.8 Å². The van der Waals surface area contributed by atoms with Gasteiger partial charge in [0.1, 0.15) is 6.54 Å². The van der Waals surface area contributed by atoms with E-state index in [2.05, 4.69) is 4.72 Å². The van der Waals surface area contributed by atoms with Crippen molar-refractivity contribution in [1.82, 2.24) is 5.32 Å². The number of amides is 1. The van der Waals surface area contributed by atoms with Crippen LogP contribution in [0.2, 0.25) is 0 Å². The minimum absolute atomic E-state index is 0.0699. The molecule has 5 nitrogen and oxygen atoms in total. The van der Waals surface area contributed by atoms with Crippen LogP contribution in [-0.2, 0) is 10.0 Å². The Morgan fingerprint density at radius 3 is 2.04 bits per heavy atom. The predicted octanol–water partition coefficient (Wildman–Crippen LogP) is 3.90. The second kappa shape index (κ2) is 7.99.